The summed E-state index contributed by atoms with van der Waals surface area (Å²) in [6.07, 6.45) is 0.371. The molecule has 0 spiro atoms. The van der Waals surface area contributed by atoms with Gasteiger partial charge >= 0.3 is 0 Å². The third kappa shape index (κ3) is 3.85. The topological polar surface area (TPSA) is 53.8 Å². The van der Waals surface area contributed by atoms with Crippen molar-refractivity contribution in [3.05, 3.63) is 90.0 Å². The fourth-order valence-corrected chi connectivity index (χ4v) is 2.95. The van der Waals surface area contributed by atoms with Gasteiger partial charge in [0, 0.05) is 12.1 Å². The Morgan fingerprint density at radius 2 is 1.44 bits per heavy atom. The molecule has 0 aliphatic carbocycles. The smallest absolute Gasteiger partial charge is 0.270 e. The molecule has 0 saturated heterocycles. The van der Waals surface area contributed by atoms with Crippen molar-refractivity contribution in [2.24, 2.45) is 9.98 Å². The van der Waals surface area contributed by atoms with E-state index in [1.54, 1.807) is 0 Å². The summed E-state index contributed by atoms with van der Waals surface area (Å²) >= 11 is 0. The Kier molecular flexibility index (Phi) is 4.62. The van der Waals surface area contributed by atoms with Gasteiger partial charge in [0.15, 0.2) is 0 Å². The highest BCUT2D eigenvalue weighted by atomic mass is 16.1. The highest BCUT2D eigenvalue weighted by Crippen LogP contribution is 2.31. The molecule has 4 heteroatoms. The third-order valence-corrected chi connectivity index (χ3v) is 4.41. The lowest BCUT2D eigenvalue weighted by Gasteiger charge is -2.09. The van der Waals surface area contributed by atoms with Gasteiger partial charge in [-0.05, 0) is 36.8 Å². The Labute approximate surface area is 158 Å². The van der Waals surface area contributed by atoms with Gasteiger partial charge in [-0.1, -0.05) is 60.2 Å². The summed E-state index contributed by atoms with van der Waals surface area (Å²) in [5.74, 6) is -0.209. The van der Waals surface area contributed by atoms with E-state index in [2.05, 4.69) is 10.3 Å². The summed E-state index contributed by atoms with van der Waals surface area (Å²) in [6.45, 7) is 2.01. The number of nitrogens with zero attached hydrogens (tertiary/aromatic N) is 2. The first-order valence-electron chi connectivity index (χ1n) is 8.87. The van der Waals surface area contributed by atoms with Crippen LogP contribution in [0.15, 0.2) is 88.8 Å². The minimum Gasteiger partial charge on any atom is -0.321 e. The molecule has 1 aliphatic rings. The van der Waals surface area contributed by atoms with Crippen LogP contribution < -0.4 is 5.32 Å². The van der Waals surface area contributed by atoms with Gasteiger partial charge in [-0.25, -0.2) is 4.99 Å². The summed E-state index contributed by atoms with van der Waals surface area (Å²) < 4.78 is 0. The molecule has 0 unspecified atom stereocenters. The van der Waals surface area contributed by atoms with Gasteiger partial charge < -0.3 is 5.32 Å². The summed E-state index contributed by atoms with van der Waals surface area (Å²) in [4.78, 5) is 22.3. The predicted octanol–water partition coefficient (Wildman–Crippen LogP) is 5.23. The average molecular weight is 353 g/mol. The number of para-hydroxylation sites is 2. The molecule has 3 aromatic carbocycles. The van der Waals surface area contributed by atoms with E-state index in [0.29, 0.717) is 17.8 Å². The molecule has 1 heterocycles. The standard InChI is InChI=1S/C23H19N3O/c1-16-11-13-18(14-12-16)24-23(27)22-15-21(17-7-3-2-4-8-17)25-19-9-5-6-10-20(19)26-22/h2-14H,15H2,1H3,(H,24,27). The van der Waals surface area contributed by atoms with Gasteiger partial charge in [-0.15, -0.1) is 0 Å². The summed E-state index contributed by atoms with van der Waals surface area (Å²) in [5, 5.41) is 2.94. The lowest BCUT2D eigenvalue weighted by molar-refractivity contribution is -0.110. The maximum atomic E-state index is 12.9. The van der Waals surface area contributed by atoms with Crippen LogP contribution >= 0.6 is 0 Å². The van der Waals surface area contributed by atoms with Crippen LogP contribution in [0.1, 0.15) is 17.5 Å². The van der Waals surface area contributed by atoms with Crippen molar-refractivity contribution in [2.45, 2.75) is 13.3 Å². The van der Waals surface area contributed by atoms with E-state index in [0.717, 1.165) is 28.2 Å². The Morgan fingerprint density at radius 1 is 0.815 bits per heavy atom. The second-order valence-corrected chi connectivity index (χ2v) is 6.47. The number of fused-ring (bicyclic) bond motifs is 1. The molecule has 0 fully saturated rings. The first-order valence-corrected chi connectivity index (χ1v) is 8.87. The fourth-order valence-electron chi connectivity index (χ4n) is 2.95. The minimum atomic E-state index is -0.209. The lowest BCUT2D eigenvalue weighted by Crippen LogP contribution is -2.25. The van der Waals surface area contributed by atoms with E-state index in [4.69, 9.17) is 4.99 Å². The maximum Gasteiger partial charge on any atom is 0.270 e. The van der Waals surface area contributed by atoms with Crippen LogP contribution in [0.3, 0.4) is 0 Å². The van der Waals surface area contributed by atoms with Crippen LogP contribution in [0, 0.1) is 6.92 Å². The number of hydrogen-bond acceptors (Lipinski definition) is 3. The molecule has 0 bridgehead atoms. The number of aryl methyl sites for hydroxylation is 1. The maximum absolute atomic E-state index is 12.9. The van der Waals surface area contributed by atoms with Gasteiger partial charge in [-0.2, -0.15) is 0 Å². The van der Waals surface area contributed by atoms with Crippen molar-refractivity contribution >= 4 is 34.4 Å². The van der Waals surface area contributed by atoms with E-state index in [1.165, 1.54) is 0 Å². The van der Waals surface area contributed by atoms with E-state index in [1.807, 2.05) is 85.8 Å². The molecule has 1 N–H and O–H groups in total. The summed E-state index contributed by atoms with van der Waals surface area (Å²) in [7, 11) is 0. The van der Waals surface area contributed by atoms with Crippen LogP contribution in [-0.2, 0) is 4.79 Å². The molecule has 132 valence electrons. The second-order valence-electron chi connectivity index (χ2n) is 6.47. The molecule has 3 aromatic rings. The molecular formula is C23H19N3O. The predicted molar refractivity (Wildman–Crippen MR) is 111 cm³/mol. The SMILES string of the molecule is Cc1ccc(NC(=O)C2=Nc3ccccc3N=C(c3ccccc3)C2)cc1. The van der Waals surface area contributed by atoms with Gasteiger partial charge in [0.05, 0.1) is 17.1 Å². The minimum absolute atomic E-state index is 0.209. The number of anilines is 1. The first kappa shape index (κ1) is 16.9. The Hall–Kier alpha value is -3.53. The fraction of sp³-hybridized carbons (Fsp3) is 0.0870. The number of carbonyl (C=O) groups is 1. The lowest BCUT2D eigenvalue weighted by atomic mass is 10.0. The van der Waals surface area contributed by atoms with Gasteiger partial charge in [0.1, 0.15) is 5.71 Å². The van der Waals surface area contributed by atoms with Gasteiger partial charge in [0.25, 0.3) is 5.91 Å². The molecule has 1 aliphatic heterocycles. The van der Waals surface area contributed by atoms with Crippen LogP contribution in [0.2, 0.25) is 0 Å². The van der Waals surface area contributed by atoms with Crippen molar-refractivity contribution in [3.63, 3.8) is 0 Å². The number of nitrogens with one attached hydrogen (secondary N) is 1. The quantitative estimate of drug-likeness (QED) is 0.688. The molecule has 4 nitrogen and oxygen atoms in total. The van der Waals surface area contributed by atoms with Crippen molar-refractivity contribution in [1.29, 1.82) is 0 Å². The number of carbonyl (C=O) groups excluding carboxylic acids is 1. The molecule has 0 aromatic heterocycles. The van der Waals surface area contributed by atoms with E-state index < -0.39 is 0 Å². The largest absolute Gasteiger partial charge is 0.321 e. The van der Waals surface area contributed by atoms with Crippen LogP contribution in [0.4, 0.5) is 17.1 Å². The zero-order valence-electron chi connectivity index (χ0n) is 15.0. The van der Waals surface area contributed by atoms with Gasteiger partial charge in [-0.3, -0.25) is 9.79 Å². The van der Waals surface area contributed by atoms with E-state index >= 15 is 0 Å². The molecule has 27 heavy (non-hydrogen) atoms. The number of aliphatic imine (C=N–C) groups is 2. The van der Waals surface area contributed by atoms with Gasteiger partial charge in [0.2, 0.25) is 0 Å². The first-order chi connectivity index (χ1) is 13.2. The zero-order chi connectivity index (χ0) is 18.6. The molecular weight excluding hydrogens is 334 g/mol. The molecule has 0 radical (unpaired) electrons. The van der Waals surface area contributed by atoms with Crippen molar-refractivity contribution in [3.8, 4) is 0 Å². The highest BCUT2D eigenvalue weighted by molar-refractivity contribution is 6.47. The third-order valence-electron chi connectivity index (χ3n) is 4.41. The van der Waals surface area contributed by atoms with Crippen molar-refractivity contribution in [1.82, 2.24) is 0 Å². The van der Waals surface area contributed by atoms with Crippen molar-refractivity contribution < 1.29 is 4.79 Å². The monoisotopic (exact) mass is 353 g/mol. The van der Waals surface area contributed by atoms with Crippen molar-refractivity contribution in [2.75, 3.05) is 5.32 Å². The Morgan fingerprint density at radius 3 is 2.15 bits per heavy atom. The average Bonchev–Trinajstić information content (AvgIpc) is 2.90. The Balaban J connectivity index is 1.70. The highest BCUT2D eigenvalue weighted by Gasteiger charge is 2.20. The second kappa shape index (κ2) is 7.38. The molecule has 0 atom stereocenters. The van der Waals surface area contributed by atoms with E-state index in [-0.39, 0.29) is 5.91 Å². The number of benzene rings is 3. The zero-order valence-corrected chi connectivity index (χ0v) is 15.0. The Bertz CT molecular complexity index is 1030. The summed E-state index contributed by atoms with van der Waals surface area (Å²) in [5.41, 5.74) is 5.65. The molecule has 0 saturated carbocycles. The normalized spacial score (nSPS) is 13.1. The van der Waals surface area contributed by atoms with E-state index in [9.17, 15) is 4.79 Å². The molecule has 1 amide bonds. The molecule has 4 rings (SSSR count). The summed E-state index contributed by atoms with van der Waals surface area (Å²) in [6, 6.07) is 25.3. The number of hydrogen-bond donors (Lipinski definition) is 1. The van der Waals surface area contributed by atoms with Crippen LogP contribution in [0.25, 0.3) is 0 Å². The number of amides is 1. The number of rotatable bonds is 3. The van der Waals surface area contributed by atoms with Crippen LogP contribution in [-0.4, -0.2) is 17.3 Å². The van der Waals surface area contributed by atoms with Crippen LogP contribution in [0.5, 0.6) is 0 Å².